The number of halogens is 2. The Bertz CT molecular complexity index is 374. The molecule has 0 aliphatic carbocycles. The Kier molecular flexibility index (Phi) is 2.99. The molecule has 0 amide bonds. The summed E-state index contributed by atoms with van der Waals surface area (Å²) < 4.78 is 30.3. The van der Waals surface area contributed by atoms with E-state index in [1.165, 1.54) is 5.56 Å². The molecule has 1 aromatic rings. The first-order valence-corrected chi connectivity index (χ1v) is 5.42. The summed E-state index contributed by atoms with van der Waals surface area (Å²) in [6, 6.07) is 5.47. The van der Waals surface area contributed by atoms with Gasteiger partial charge in [-0.1, -0.05) is 6.07 Å². The van der Waals surface area contributed by atoms with Gasteiger partial charge in [0.15, 0.2) is 6.61 Å². The summed E-state index contributed by atoms with van der Waals surface area (Å²) in [6.45, 7) is 1.20. The Labute approximate surface area is 93.6 Å². The van der Waals surface area contributed by atoms with Gasteiger partial charge in [0, 0.05) is 25.2 Å². The van der Waals surface area contributed by atoms with Gasteiger partial charge >= 0.3 is 0 Å². The SMILES string of the molecule is CC(F)(F)COc1ccc2c(c1)NCCC2. The van der Waals surface area contributed by atoms with Gasteiger partial charge in [0.25, 0.3) is 5.92 Å². The van der Waals surface area contributed by atoms with Crippen molar-refractivity contribution in [1.29, 1.82) is 0 Å². The van der Waals surface area contributed by atoms with Crippen LogP contribution in [0, 0.1) is 0 Å². The number of aryl methyl sites for hydroxylation is 1. The molecule has 88 valence electrons. The van der Waals surface area contributed by atoms with Crippen LogP contribution in [0.15, 0.2) is 18.2 Å². The maximum Gasteiger partial charge on any atom is 0.278 e. The molecule has 1 heterocycles. The fourth-order valence-corrected chi connectivity index (χ4v) is 1.74. The molecule has 1 N–H and O–H groups in total. The Morgan fingerprint density at radius 2 is 2.25 bits per heavy atom. The van der Waals surface area contributed by atoms with E-state index in [1.54, 1.807) is 12.1 Å². The molecule has 0 saturated carbocycles. The lowest BCUT2D eigenvalue weighted by Gasteiger charge is -2.19. The standard InChI is InChI=1S/C12H15F2NO/c1-12(13,14)8-16-10-5-4-9-3-2-6-15-11(9)7-10/h4-5,7,15H,2-3,6,8H2,1H3. The number of benzene rings is 1. The molecule has 0 atom stereocenters. The summed E-state index contributed by atoms with van der Waals surface area (Å²) >= 11 is 0. The van der Waals surface area contributed by atoms with E-state index in [4.69, 9.17) is 4.74 Å². The molecule has 0 radical (unpaired) electrons. The maximum absolute atomic E-state index is 12.6. The topological polar surface area (TPSA) is 21.3 Å². The van der Waals surface area contributed by atoms with Gasteiger partial charge in [0.1, 0.15) is 5.75 Å². The second-order valence-electron chi connectivity index (χ2n) is 4.21. The number of anilines is 1. The van der Waals surface area contributed by atoms with Crippen molar-refractivity contribution in [1.82, 2.24) is 0 Å². The highest BCUT2D eigenvalue weighted by Gasteiger charge is 2.22. The molecule has 16 heavy (non-hydrogen) atoms. The number of fused-ring (bicyclic) bond motifs is 1. The van der Waals surface area contributed by atoms with Gasteiger partial charge in [0.2, 0.25) is 0 Å². The van der Waals surface area contributed by atoms with Crippen molar-refractivity contribution in [3.8, 4) is 5.75 Å². The number of alkyl halides is 2. The molecule has 1 aromatic carbocycles. The van der Waals surface area contributed by atoms with E-state index in [9.17, 15) is 8.78 Å². The van der Waals surface area contributed by atoms with Crippen molar-refractivity contribution in [2.75, 3.05) is 18.5 Å². The van der Waals surface area contributed by atoms with Crippen molar-refractivity contribution >= 4 is 5.69 Å². The zero-order valence-electron chi connectivity index (χ0n) is 9.22. The average Bonchev–Trinajstić information content (AvgIpc) is 2.25. The van der Waals surface area contributed by atoms with E-state index in [-0.39, 0.29) is 0 Å². The smallest absolute Gasteiger partial charge is 0.278 e. The summed E-state index contributed by atoms with van der Waals surface area (Å²) in [4.78, 5) is 0. The van der Waals surface area contributed by atoms with Crippen LogP contribution in [-0.2, 0) is 6.42 Å². The third kappa shape index (κ3) is 2.84. The fraction of sp³-hybridized carbons (Fsp3) is 0.500. The molecular weight excluding hydrogens is 212 g/mol. The third-order valence-corrected chi connectivity index (χ3v) is 2.51. The van der Waals surface area contributed by atoms with Gasteiger partial charge in [-0.05, 0) is 24.5 Å². The summed E-state index contributed by atoms with van der Waals surface area (Å²) in [5.74, 6) is -2.29. The molecule has 0 fully saturated rings. The number of nitrogens with one attached hydrogen (secondary N) is 1. The summed E-state index contributed by atoms with van der Waals surface area (Å²) in [5.41, 5.74) is 2.23. The highest BCUT2D eigenvalue weighted by molar-refractivity contribution is 5.56. The lowest BCUT2D eigenvalue weighted by atomic mass is 10.0. The molecular formula is C12H15F2NO. The Morgan fingerprint density at radius 3 is 3.00 bits per heavy atom. The number of ether oxygens (including phenoxy) is 1. The van der Waals surface area contributed by atoms with E-state index >= 15 is 0 Å². The second-order valence-corrected chi connectivity index (χ2v) is 4.21. The molecule has 0 bridgehead atoms. The molecule has 0 spiro atoms. The number of hydrogen-bond donors (Lipinski definition) is 1. The van der Waals surface area contributed by atoms with Crippen LogP contribution in [0.2, 0.25) is 0 Å². The van der Waals surface area contributed by atoms with Crippen LogP contribution in [0.25, 0.3) is 0 Å². The highest BCUT2D eigenvalue weighted by atomic mass is 19.3. The van der Waals surface area contributed by atoms with Crippen LogP contribution in [0.1, 0.15) is 18.9 Å². The van der Waals surface area contributed by atoms with Crippen LogP contribution in [0.5, 0.6) is 5.75 Å². The van der Waals surface area contributed by atoms with E-state index in [0.29, 0.717) is 5.75 Å². The van der Waals surface area contributed by atoms with Gasteiger partial charge in [-0.3, -0.25) is 0 Å². The molecule has 0 aromatic heterocycles. The molecule has 1 aliphatic rings. The maximum atomic E-state index is 12.6. The van der Waals surface area contributed by atoms with Crippen LogP contribution in [0.3, 0.4) is 0 Å². The minimum Gasteiger partial charge on any atom is -0.487 e. The first-order valence-electron chi connectivity index (χ1n) is 5.42. The zero-order valence-corrected chi connectivity index (χ0v) is 9.22. The van der Waals surface area contributed by atoms with E-state index in [2.05, 4.69) is 5.32 Å². The van der Waals surface area contributed by atoms with E-state index in [1.807, 2.05) is 6.07 Å². The molecule has 4 heteroatoms. The first kappa shape index (κ1) is 11.2. The van der Waals surface area contributed by atoms with Gasteiger partial charge in [-0.2, -0.15) is 0 Å². The Hall–Kier alpha value is -1.32. The van der Waals surface area contributed by atoms with Crippen molar-refractivity contribution in [3.05, 3.63) is 23.8 Å². The lowest BCUT2D eigenvalue weighted by molar-refractivity contribution is -0.0229. The quantitative estimate of drug-likeness (QED) is 0.856. The predicted octanol–water partition coefficient (Wildman–Crippen LogP) is 3.08. The van der Waals surface area contributed by atoms with E-state index < -0.39 is 12.5 Å². The van der Waals surface area contributed by atoms with Gasteiger partial charge < -0.3 is 10.1 Å². The normalized spacial score (nSPS) is 15.2. The lowest BCUT2D eigenvalue weighted by Crippen LogP contribution is -2.21. The van der Waals surface area contributed by atoms with Gasteiger partial charge in [-0.25, -0.2) is 8.78 Å². The monoisotopic (exact) mass is 227 g/mol. The van der Waals surface area contributed by atoms with Crippen LogP contribution >= 0.6 is 0 Å². The van der Waals surface area contributed by atoms with E-state index in [0.717, 1.165) is 32.0 Å². The van der Waals surface area contributed by atoms with Crippen molar-refractivity contribution in [3.63, 3.8) is 0 Å². The molecule has 0 saturated heterocycles. The molecule has 2 rings (SSSR count). The predicted molar refractivity (Wildman–Crippen MR) is 59.4 cm³/mol. The third-order valence-electron chi connectivity index (χ3n) is 2.51. The Balaban J connectivity index is 2.06. The fourth-order valence-electron chi connectivity index (χ4n) is 1.74. The van der Waals surface area contributed by atoms with Crippen molar-refractivity contribution in [2.24, 2.45) is 0 Å². The number of rotatable bonds is 3. The average molecular weight is 227 g/mol. The minimum absolute atomic E-state index is 0.495. The summed E-state index contributed by atoms with van der Waals surface area (Å²) in [6.07, 6.45) is 2.15. The summed E-state index contributed by atoms with van der Waals surface area (Å²) in [5, 5.41) is 3.23. The van der Waals surface area contributed by atoms with Gasteiger partial charge in [0.05, 0.1) is 0 Å². The Morgan fingerprint density at radius 1 is 1.44 bits per heavy atom. The highest BCUT2D eigenvalue weighted by Crippen LogP contribution is 2.27. The zero-order chi connectivity index (χ0) is 11.6. The van der Waals surface area contributed by atoms with Crippen LogP contribution < -0.4 is 10.1 Å². The number of hydrogen-bond acceptors (Lipinski definition) is 2. The first-order chi connectivity index (χ1) is 7.54. The largest absolute Gasteiger partial charge is 0.487 e. The van der Waals surface area contributed by atoms with Crippen molar-refractivity contribution < 1.29 is 13.5 Å². The molecule has 0 unspecified atom stereocenters. The van der Waals surface area contributed by atoms with Gasteiger partial charge in [-0.15, -0.1) is 0 Å². The second kappa shape index (κ2) is 4.28. The minimum atomic E-state index is -2.79. The summed E-state index contributed by atoms with van der Waals surface area (Å²) in [7, 11) is 0. The van der Waals surface area contributed by atoms with Crippen LogP contribution in [-0.4, -0.2) is 19.1 Å². The van der Waals surface area contributed by atoms with Crippen LogP contribution in [0.4, 0.5) is 14.5 Å². The van der Waals surface area contributed by atoms with Crippen molar-refractivity contribution in [2.45, 2.75) is 25.7 Å². The molecule has 2 nitrogen and oxygen atoms in total. The molecule has 1 aliphatic heterocycles.